The fourth-order valence-electron chi connectivity index (χ4n) is 2.94. The van der Waals surface area contributed by atoms with E-state index in [4.69, 9.17) is 0 Å². The molecule has 4 rings (SSSR count). The third kappa shape index (κ3) is 3.53. The van der Waals surface area contributed by atoms with Crippen LogP contribution in [0.3, 0.4) is 0 Å². The van der Waals surface area contributed by atoms with Crippen LogP contribution in [0.2, 0.25) is 0 Å². The van der Waals surface area contributed by atoms with Crippen molar-refractivity contribution in [2.24, 2.45) is 7.05 Å². The van der Waals surface area contributed by atoms with Crippen LogP contribution in [0.25, 0.3) is 21.2 Å². The van der Waals surface area contributed by atoms with E-state index in [1.807, 2.05) is 49.8 Å². The van der Waals surface area contributed by atoms with Gasteiger partial charge in [0.15, 0.2) is 0 Å². The Bertz CT molecular complexity index is 1010. The van der Waals surface area contributed by atoms with Crippen LogP contribution >= 0.6 is 11.3 Å². The molecule has 0 bridgehead atoms. The Morgan fingerprint density at radius 3 is 2.65 bits per heavy atom. The summed E-state index contributed by atoms with van der Waals surface area (Å²) in [5.74, 6) is -0.00169. The van der Waals surface area contributed by atoms with Crippen LogP contribution in [-0.2, 0) is 13.5 Å². The van der Waals surface area contributed by atoms with Crippen molar-refractivity contribution in [1.82, 2.24) is 15.1 Å². The average molecular weight is 361 g/mol. The quantitative estimate of drug-likeness (QED) is 0.577. The summed E-state index contributed by atoms with van der Waals surface area (Å²) in [6.07, 6.45) is 4.67. The zero-order valence-corrected chi connectivity index (χ0v) is 15.3. The maximum absolute atomic E-state index is 12.3. The summed E-state index contributed by atoms with van der Waals surface area (Å²) in [6.45, 7) is 0.624. The second-order valence-corrected chi connectivity index (χ2v) is 7.34. The first-order valence-corrected chi connectivity index (χ1v) is 9.35. The lowest BCUT2D eigenvalue weighted by atomic mass is 10.1. The minimum atomic E-state index is -0.00169. The molecule has 0 aliphatic rings. The second kappa shape index (κ2) is 7.14. The van der Waals surface area contributed by atoms with Crippen molar-refractivity contribution in [2.75, 3.05) is 6.54 Å². The minimum Gasteiger partial charge on any atom is -0.351 e. The van der Waals surface area contributed by atoms with Crippen LogP contribution in [0.15, 0.2) is 67.0 Å². The van der Waals surface area contributed by atoms with Crippen molar-refractivity contribution in [3.8, 4) is 11.1 Å². The van der Waals surface area contributed by atoms with Gasteiger partial charge in [-0.05, 0) is 35.1 Å². The van der Waals surface area contributed by atoms with Crippen molar-refractivity contribution < 1.29 is 4.79 Å². The average Bonchev–Trinajstić information content (AvgIpc) is 3.28. The lowest BCUT2D eigenvalue weighted by molar-refractivity contribution is 0.0958. The number of thiophene rings is 1. The van der Waals surface area contributed by atoms with Crippen LogP contribution in [0, 0.1) is 0 Å². The molecule has 2 aromatic heterocycles. The highest BCUT2D eigenvalue weighted by Gasteiger charge is 2.09. The van der Waals surface area contributed by atoms with Gasteiger partial charge in [-0.15, -0.1) is 11.3 Å². The number of aryl methyl sites for hydroxylation is 1. The third-order valence-corrected chi connectivity index (χ3v) is 5.46. The van der Waals surface area contributed by atoms with Crippen molar-refractivity contribution >= 4 is 27.3 Å². The van der Waals surface area contributed by atoms with Crippen LogP contribution in [0.4, 0.5) is 0 Å². The van der Waals surface area contributed by atoms with Crippen LogP contribution < -0.4 is 5.32 Å². The summed E-state index contributed by atoms with van der Waals surface area (Å²) in [5.41, 5.74) is 3.46. The van der Waals surface area contributed by atoms with Crippen molar-refractivity contribution in [1.29, 1.82) is 0 Å². The van der Waals surface area contributed by atoms with E-state index in [1.54, 1.807) is 4.68 Å². The highest BCUT2D eigenvalue weighted by Crippen LogP contribution is 2.25. The molecule has 0 radical (unpaired) electrons. The van der Waals surface area contributed by atoms with Gasteiger partial charge in [0.25, 0.3) is 5.91 Å². The molecule has 0 fully saturated rings. The molecule has 0 saturated carbocycles. The summed E-state index contributed by atoms with van der Waals surface area (Å²) in [5, 5.41) is 8.33. The molecule has 2 heterocycles. The number of nitrogens with one attached hydrogen (secondary N) is 1. The fourth-order valence-corrected chi connectivity index (χ4v) is 3.91. The summed E-state index contributed by atoms with van der Waals surface area (Å²) in [4.78, 5) is 13.1. The number of benzene rings is 2. The number of nitrogens with zero attached hydrogens (tertiary/aromatic N) is 2. The van der Waals surface area contributed by atoms with Gasteiger partial charge in [0.2, 0.25) is 0 Å². The first kappa shape index (κ1) is 16.5. The van der Waals surface area contributed by atoms with E-state index in [2.05, 4.69) is 34.7 Å². The number of carbonyl (C=O) groups excluding carboxylic acids is 1. The predicted octanol–water partition coefficient (Wildman–Crippen LogP) is 4.27. The molecule has 2 aromatic carbocycles. The normalized spacial score (nSPS) is 11.0. The lowest BCUT2D eigenvalue weighted by Gasteiger charge is -2.05. The van der Waals surface area contributed by atoms with E-state index in [-0.39, 0.29) is 5.91 Å². The largest absolute Gasteiger partial charge is 0.351 e. The highest BCUT2D eigenvalue weighted by atomic mass is 32.1. The SMILES string of the molecule is Cn1cc(-c2ccc(CCNC(=O)c3cc4ccccc4s3)cc2)cn1. The van der Waals surface area contributed by atoms with Crippen molar-refractivity contribution in [2.45, 2.75) is 6.42 Å². The number of carbonyl (C=O) groups is 1. The zero-order valence-electron chi connectivity index (χ0n) is 14.5. The van der Waals surface area contributed by atoms with Gasteiger partial charge in [-0.2, -0.15) is 5.10 Å². The molecule has 0 spiro atoms. The van der Waals surface area contributed by atoms with E-state index >= 15 is 0 Å². The number of hydrogen-bond acceptors (Lipinski definition) is 3. The topological polar surface area (TPSA) is 46.9 Å². The second-order valence-electron chi connectivity index (χ2n) is 6.25. The number of fused-ring (bicyclic) bond motifs is 1. The van der Waals surface area contributed by atoms with Crippen molar-refractivity contribution in [3.05, 3.63) is 77.4 Å². The molecular formula is C21H19N3OS. The first-order chi connectivity index (χ1) is 12.7. The summed E-state index contributed by atoms with van der Waals surface area (Å²) < 4.78 is 2.94. The zero-order chi connectivity index (χ0) is 17.9. The van der Waals surface area contributed by atoms with Gasteiger partial charge in [0, 0.05) is 30.1 Å². The smallest absolute Gasteiger partial charge is 0.261 e. The molecule has 4 aromatic rings. The molecule has 5 heteroatoms. The third-order valence-electron chi connectivity index (χ3n) is 4.34. The lowest BCUT2D eigenvalue weighted by Crippen LogP contribution is -2.24. The summed E-state index contributed by atoms with van der Waals surface area (Å²) in [6, 6.07) is 18.4. The van der Waals surface area contributed by atoms with Crippen LogP contribution in [0.1, 0.15) is 15.2 Å². The maximum atomic E-state index is 12.3. The Morgan fingerprint density at radius 1 is 1.12 bits per heavy atom. The summed E-state index contributed by atoms with van der Waals surface area (Å²) >= 11 is 1.53. The molecule has 0 atom stereocenters. The van der Waals surface area contributed by atoms with Gasteiger partial charge in [-0.3, -0.25) is 9.48 Å². The monoisotopic (exact) mass is 361 g/mol. The van der Waals surface area contributed by atoms with Gasteiger partial charge in [0.05, 0.1) is 11.1 Å². The van der Waals surface area contributed by atoms with E-state index < -0.39 is 0 Å². The summed E-state index contributed by atoms with van der Waals surface area (Å²) in [7, 11) is 1.91. The Balaban J connectivity index is 1.34. The first-order valence-electron chi connectivity index (χ1n) is 8.54. The van der Waals surface area contributed by atoms with E-state index in [1.165, 1.54) is 16.9 Å². The van der Waals surface area contributed by atoms with Gasteiger partial charge in [-0.25, -0.2) is 0 Å². The Hall–Kier alpha value is -2.92. The fraction of sp³-hybridized carbons (Fsp3) is 0.143. The minimum absolute atomic E-state index is 0.00169. The Morgan fingerprint density at radius 2 is 1.92 bits per heavy atom. The van der Waals surface area contributed by atoms with Gasteiger partial charge in [0.1, 0.15) is 0 Å². The predicted molar refractivity (Wildman–Crippen MR) is 107 cm³/mol. The number of rotatable bonds is 5. The number of aromatic nitrogens is 2. The molecule has 4 nitrogen and oxygen atoms in total. The van der Waals surface area contributed by atoms with E-state index in [0.717, 1.165) is 32.5 Å². The number of amides is 1. The van der Waals surface area contributed by atoms with E-state index in [0.29, 0.717) is 6.54 Å². The van der Waals surface area contributed by atoms with Crippen LogP contribution in [0.5, 0.6) is 0 Å². The molecule has 0 unspecified atom stereocenters. The molecule has 0 aliphatic carbocycles. The Labute approximate surface area is 156 Å². The van der Waals surface area contributed by atoms with Crippen molar-refractivity contribution in [3.63, 3.8) is 0 Å². The van der Waals surface area contributed by atoms with Gasteiger partial charge in [-0.1, -0.05) is 42.5 Å². The molecule has 1 N–H and O–H groups in total. The van der Waals surface area contributed by atoms with E-state index in [9.17, 15) is 4.79 Å². The standard InChI is InChI=1S/C21H19N3OS/c1-24-14-18(13-23-24)16-8-6-15(7-9-16)10-11-22-21(25)20-12-17-4-2-3-5-19(17)26-20/h2-9,12-14H,10-11H2,1H3,(H,22,25). The maximum Gasteiger partial charge on any atom is 0.261 e. The molecule has 130 valence electrons. The molecule has 0 saturated heterocycles. The molecule has 26 heavy (non-hydrogen) atoms. The molecule has 0 aliphatic heterocycles. The molecule has 1 amide bonds. The van der Waals surface area contributed by atoms with Gasteiger partial charge < -0.3 is 5.32 Å². The molecular weight excluding hydrogens is 342 g/mol. The highest BCUT2D eigenvalue weighted by molar-refractivity contribution is 7.20. The number of hydrogen-bond donors (Lipinski definition) is 1. The van der Waals surface area contributed by atoms with Crippen LogP contribution in [-0.4, -0.2) is 22.2 Å². The van der Waals surface area contributed by atoms with Gasteiger partial charge >= 0.3 is 0 Å². The Kier molecular flexibility index (Phi) is 4.54.